The maximum absolute atomic E-state index is 13.3. The van der Waals surface area contributed by atoms with Crippen LogP contribution in [-0.2, 0) is 4.79 Å². The van der Waals surface area contributed by atoms with Crippen LogP contribution in [0.25, 0.3) is 5.57 Å². The summed E-state index contributed by atoms with van der Waals surface area (Å²) in [6.07, 6.45) is 2.76. The molecule has 0 spiro atoms. The summed E-state index contributed by atoms with van der Waals surface area (Å²) in [6, 6.07) is 3.42. The van der Waals surface area contributed by atoms with Gasteiger partial charge in [0.25, 0.3) is 0 Å². The Balaban J connectivity index is 2.39. The first-order chi connectivity index (χ1) is 8.95. The Hall–Kier alpha value is -1.55. The van der Waals surface area contributed by atoms with Crippen molar-refractivity contribution in [2.75, 3.05) is 20.6 Å². The maximum atomic E-state index is 13.3. The van der Waals surface area contributed by atoms with E-state index in [1.165, 1.54) is 18.2 Å². The highest BCUT2D eigenvalue weighted by atomic mass is 19.1. The van der Waals surface area contributed by atoms with Gasteiger partial charge in [0.2, 0.25) is 0 Å². The molecule has 0 aliphatic heterocycles. The minimum atomic E-state index is -0.613. The lowest BCUT2D eigenvalue weighted by atomic mass is 9.83. The van der Waals surface area contributed by atoms with Gasteiger partial charge in [0.05, 0.1) is 0 Å². The van der Waals surface area contributed by atoms with Gasteiger partial charge < -0.3 is 4.90 Å². The minimum absolute atomic E-state index is 0.0228. The van der Waals surface area contributed by atoms with Crippen molar-refractivity contribution in [2.24, 2.45) is 5.92 Å². The van der Waals surface area contributed by atoms with E-state index in [-0.39, 0.29) is 11.7 Å². The number of rotatable bonds is 3. The third-order valence-corrected chi connectivity index (χ3v) is 3.28. The molecule has 102 valence electrons. The van der Waals surface area contributed by atoms with Crippen LogP contribution in [0.5, 0.6) is 0 Å². The highest BCUT2D eigenvalue weighted by Gasteiger charge is 2.23. The van der Waals surface area contributed by atoms with E-state index in [1.807, 2.05) is 19.0 Å². The van der Waals surface area contributed by atoms with Gasteiger partial charge in [-0.3, -0.25) is 4.79 Å². The number of benzene rings is 1. The fourth-order valence-corrected chi connectivity index (χ4v) is 2.51. The largest absolute Gasteiger partial charge is 0.309 e. The molecule has 1 aliphatic rings. The molecule has 0 N–H and O–H groups in total. The van der Waals surface area contributed by atoms with Gasteiger partial charge in [0.1, 0.15) is 11.6 Å². The second kappa shape index (κ2) is 5.61. The van der Waals surface area contributed by atoms with Crippen molar-refractivity contribution in [3.8, 4) is 0 Å². The van der Waals surface area contributed by atoms with Crippen molar-refractivity contribution >= 4 is 11.4 Å². The van der Waals surface area contributed by atoms with Gasteiger partial charge in [0.15, 0.2) is 5.78 Å². The summed E-state index contributed by atoms with van der Waals surface area (Å²) in [5.74, 6) is -1.07. The topological polar surface area (TPSA) is 20.3 Å². The van der Waals surface area contributed by atoms with Gasteiger partial charge in [-0.2, -0.15) is 0 Å². The molecule has 1 aromatic rings. The van der Waals surface area contributed by atoms with Crippen LogP contribution in [0, 0.1) is 17.6 Å². The van der Waals surface area contributed by atoms with Crippen molar-refractivity contribution in [1.29, 1.82) is 0 Å². The highest BCUT2D eigenvalue weighted by molar-refractivity contribution is 5.98. The van der Waals surface area contributed by atoms with E-state index in [2.05, 4.69) is 0 Å². The van der Waals surface area contributed by atoms with E-state index in [0.717, 1.165) is 24.6 Å². The van der Waals surface area contributed by atoms with Crippen LogP contribution in [0.1, 0.15) is 18.4 Å². The molecule has 0 radical (unpaired) electrons. The number of nitrogens with zero attached hydrogens (tertiary/aromatic N) is 1. The average molecular weight is 265 g/mol. The van der Waals surface area contributed by atoms with Crippen molar-refractivity contribution in [2.45, 2.75) is 12.8 Å². The summed E-state index contributed by atoms with van der Waals surface area (Å²) in [7, 11) is 3.89. The lowest BCUT2D eigenvalue weighted by Crippen LogP contribution is -2.26. The van der Waals surface area contributed by atoms with Crippen molar-refractivity contribution < 1.29 is 13.6 Å². The van der Waals surface area contributed by atoms with Gasteiger partial charge in [0, 0.05) is 19.0 Å². The predicted molar refractivity (Wildman–Crippen MR) is 70.6 cm³/mol. The summed E-state index contributed by atoms with van der Waals surface area (Å²) in [6.45, 7) is 0.761. The smallest absolute Gasteiger partial charge is 0.156 e. The first-order valence-electron chi connectivity index (χ1n) is 6.31. The van der Waals surface area contributed by atoms with Crippen LogP contribution in [-0.4, -0.2) is 31.3 Å². The molecule has 1 atom stereocenters. The fourth-order valence-electron chi connectivity index (χ4n) is 2.51. The molecule has 0 saturated carbocycles. The zero-order valence-electron chi connectivity index (χ0n) is 11.1. The molecule has 19 heavy (non-hydrogen) atoms. The Morgan fingerprint density at radius 3 is 2.42 bits per heavy atom. The molecule has 1 unspecified atom stereocenters. The zero-order chi connectivity index (χ0) is 14.0. The summed E-state index contributed by atoms with van der Waals surface area (Å²) < 4.78 is 26.6. The number of carbonyl (C=O) groups is 1. The van der Waals surface area contributed by atoms with Gasteiger partial charge in [-0.25, -0.2) is 8.78 Å². The maximum Gasteiger partial charge on any atom is 0.156 e. The fraction of sp³-hybridized carbons (Fsp3) is 0.400. The van der Waals surface area contributed by atoms with Crippen LogP contribution in [0.4, 0.5) is 8.78 Å². The molecule has 4 heteroatoms. The van der Waals surface area contributed by atoms with E-state index in [1.54, 1.807) is 0 Å². The van der Waals surface area contributed by atoms with Crippen LogP contribution in [0.2, 0.25) is 0 Å². The lowest BCUT2D eigenvalue weighted by molar-refractivity contribution is -0.115. The van der Waals surface area contributed by atoms with E-state index in [9.17, 15) is 13.6 Å². The monoisotopic (exact) mass is 265 g/mol. The summed E-state index contributed by atoms with van der Waals surface area (Å²) in [4.78, 5) is 13.6. The van der Waals surface area contributed by atoms with E-state index < -0.39 is 11.6 Å². The van der Waals surface area contributed by atoms with Crippen LogP contribution in [0.3, 0.4) is 0 Å². The normalized spacial score (nSPS) is 19.7. The number of hydrogen-bond acceptors (Lipinski definition) is 2. The molecule has 0 fully saturated rings. The third-order valence-electron chi connectivity index (χ3n) is 3.28. The Kier molecular flexibility index (Phi) is 4.10. The second-order valence-electron chi connectivity index (χ2n) is 5.22. The number of halogens is 2. The molecule has 2 rings (SSSR count). The molecular weight excluding hydrogens is 248 g/mol. The van der Waals surface area contributed by atoms with Crippen LogP contribution < -0.4 is 0 Å². The first-order valence-corrected chi connectivity index (χ1v) is 6.31. The van der Waals surface area contributed by atoms with Crippen LogP contribution in [0.15, 0.2) is 24.3 Å². The van der Waals surface area contributed by atoms with Crippen molar-refractivity contribution in [1.82, 2.24) is 4.90 Å². The summed E-state index contributed by atoms with van der Waals surface area (Å²) >= 11 is 0. The predicted octanol–water partition coefficient (Wildman–Crippen LogP) is 2.89. The molecule has 0 bridgehead atoms. The minimum Gasteiger partial charge on any atom is -0.309 e. The molecule has 0 saturated heterocycles. The van der Waals surface area contributed by atoms with E-state index >= 15 is 0 Å². The Bertz CT molecular complexity index is 503. The number of allylic oxidation sites excluding steroid dienone is 1. The second-order valence-corrected chi connectivity index (χ2v) is 5.22. The zero-order valence-corrected chi connectivity index (χ0v) is 11.1. The summed E-state index contributed by atoms with van der Waals surface area (Å²) in [5.41, 5.74) is 1.21. The summed E-state index contributed by atoms with van der Waals surface area (Å²) in [5, 5.41) is 0. The van der Waals surface area contributed by atoms with Crippen molar-refractivity contribution in [3.05, 3.63) is 41.5 Å². The Morgan fingerprint density at radius 2 is 1.84 bits per heavy atom. The van der Waals surface area contributed by atoms with Gasteiger partial charge in [-0.15, -0.1) is 0 Å². The SMILES string of the molecule is CN(C)CC1CCC(=O)C=C1c1cc(F)cc(F)c1. The van der Waals surface area contributed by atoms with Gasteiger partial charge >= 0.3 is 0 Å². The van der Waals surface area contributed by atoms with Gasteiger partial charge in [-0.1, -0.05) is 0 Å². The third kappa shape index (κ3) is 3.47. The molecule has 0 amide bonds. The molecule has 0 heterocycles. The highest BCUT2D eigenvalue weighted by Crippen LogP contribution is 2.32. The first kappa shape index (κ1) is 13.9. The quantitative estimate of drug-likeness (QED) is 0.837. The average Bonchev–Trinajstić information content (AvgIpc) is 2.29. The van der Waals surface area contributed by atoms with E-state index in [0.29, 0.717) is 12.0 Å². The Labute approximate surface area is 111 Å². The standard InChI is InChI=1S/C15H17F2NO/c1-18(2)9-10-3-4-14(19)8-15(10)11-5-12(16)7-13(17)6-11/h5-8,10H,3-4,9H2,1-2H3. The number of carbonyl (C=O) groups excluding carboxylic acids is 1. The molecule has 2 nitrogen and oxygen atoms in total. The van der Waals surface area contributed by atoms with Gasteiger partial charge in [-0.05, 0) is 55.8 Å². The Morgan fingerprint density at radius 1 is 1.21 bits per heavy atom. The van der Waals surface area contributed by atoms with Crippen molar-refractivity contribution in [3.63, 3.8) is 0 Å². The molecular formula is C15H17F2NO. The molecule has 1 aromatic carbocycles. The van der Waals surface area contributed by atoms with E-state index in [4.69, 9.17) is 0 Å². The lowest BCUT2D eigenvalue weighted by Gasteiger charge is -2.26. The number of ketones is 1. The number of hydrogen-bond donors (Lipinski definition) is 0. The molecule has 0 aromatic heterocycles. The van der Waals surface area contributed by atoms with Crippen LogP contribution >= 0.6 is 0 Å². The molecule has 1 aliphatic carbocycles.